The second-order valence-corrected chi connectivity index (χ2v) is 7.74. The van der Waals surface area contributed by atoms with Gasteiger partial charge in [0.1, 0.15) is 11.5 Å². The molecule has 1 aliphatic rings. The number of halogens is 1. The van der Waals surface area contributed by atoms with Crippen LogP contribution in [-0.2, 0) is 4.74 Å². The maximum atomic E-state index is 13.4. The molecule has 1 atom stereocenters. The van der Waals surface area contributed by atoms with Gasteiger partial charge in [-0.05, 0) is 76.1 Å². The van der Waals surface area contributed by atoms with E-state index in [1.807, 2.05) is 13.8 Å². The first-order valence-corrected chi connectivity index (χ1v) is 9.98. The molecule has 1 aromatic heterocycles. The molecule has 0 amide bonds. The van der Waals surface area contributed by atoms with Crippen LogP contribution in [0.1, 0.15) is 44.0 Å². The number of hydrogen-bond donors (Lipinski definition) is 0. The largest absolute Gasteiger partial charge is 0.459 e. The highest BCUT2D eigenvalue weighted by molar-refractivity contribution is 5.94. The molecule has 5 nitrogen and oxygen atoms in total. The average molecular weight is 393 g/mol. The number of rotatable bonds is 4. The van der Waals surface area contributed by atoms with Crippen LogP contribution in [0, 0.1) is 5.82 Å². The number of carbonyl (C=O) groups is 1. The Kier molecular flexibility index (Phi) is 5.18. The van der Waals surface area contributed by atoms with Crippen molar-refractivity contribution in [3.63, 3.8) is 0 Å². The van der Waals surface area contributed by atoms with E-state index in [1.165, 1.54) is 12.1 Å². The molecule has 2 aromatic carbocycles. The van der Waals surface area contributed by atoms with Gasteiger partial charge >= 0.3 is 5.97 Å². The molecule has 1 saturated heterocycles. The summed E-state index contributed by atoms with van der Waals surface area (Å²) in [4.78, 5) is 24.3. The number of aromatic nitrogens is 2. The molecule has 0 radical (unpaired) electrons. The molecule has 1 fully saturated rings. The molecule has 150 valence electrons. The molecule has 29 heavy (non-hydrogen) atoms. The summed E-state index contributed by atoms with van der Waals surface area (Å²) >= 11 is 0. The lowest BCUT2D eigenvalue weighted by Gasteiger charge is -2.25. The first-order valence-electron chi connectivity index (χ1n) is 9.98. The first kappa shape index (κ1) is 19.3. The van der Waals surface area contributed by atoms with Gasteiger partial charge in [-0.3, -0.25) is 0 Å². The Morgan fingerprint density at radius 3 is 2.55 bits per heavy atom. The minimum Gasteiger partial charge on any atom is -0.459 e. The van der Waals surface area contributed by atoms with Gasteiger partial charge in [0.15, 0.2) is 5.82 Å². The van der Waals surface area contributed by atoms with Crippen LogP contribution in [0.4, 0.5) is 10.2 Å². The van der Waals surface area contributed by atoms with Crippen molar-refractivity contribution in [3.8, 4) is 11.3 Å². The van der Waals surface area contributed by atoms with Crippen molar-refractivity contribution < 1.29 is 13.9 Å². The molecule has 6 heteroatoms. The lowest BCUT2D eigenvalue weighted by Crippen LogP contribution is -2.28. The molecule has 0 saturated carbocycles. The van der Waals surface area contributed by atoms with E-state index in [4.69, 9.17) is 14.7 Å². The predicted octanol–water partition coefficient (Wildman–Crippen LogP) is 4.99. The van der Waals surface area contributed by atoms with Crippen molar-refractivity contribution in [3.05, 3.63) is 53.8 Å². The first-order chi connectivity index (χ1) is 13.9. The highest BCUT2D eigenvalue weighted by Gasteiger charge is 2.26. The van der Waals surface area contributed by atoms with Crippen molar-refractivity contribution in [2.45, 2.75) is 45.8 Å². The number of benzene rings is 2. The van der Waals surface area contributed by atoms with E-state index in [-0.39, 0.29) is 17.9 Å². The van der Waals surface area contributed by atoms with Crippen molar-refractivity contribution in [1.82, 2.24) is 9.97 Å². The van der Waals surface area contributed by atoms with Crippen LogP contribution in [-0.4, -0.2) is 34.6 Å². The van der Waals surface area contributed by atoms with Crippen LogP contribution >= 0.6 is 0 Å². The van der Waals surface area contributed by atoms with E-state index >= 15 is 0 Å². The van der Waals surface area contributed by atoms with Crippen molar-refractivity contribution in [2.24, 2.45) is 0 Å². The van der Waals surface area contributed by atoms with Gasteiger partial charge in [-0.15, -0.1) is 0 Å². The molecule has 0 unspecified atom stereocenters. The quantitative estimate of drug-likeness (QED) is 0.585. The van der Waals surface area contributed by atoms with E-state index < -0.39 is 0 Å². The maximum Gasteiger partial charge on any atom is 0.338 e. The SMILES string of the molecule is CC(C)OC(=O)c1ccc2nc(-c3ccc(F)cc3)c(N3CCC[C@@H]3C)nc2c1. The van der Waals surface area contributed by atoms with Gasteiger partial charge in [-0.25, -0.2) is 19.2 Å². The van der Waals surface area contributed by atoms with E-state index in [0.29, 0.717) is 22.6 Å². The van der Waals surface area contributed by atoms with Gasteiger partial charge in [0, 0.05) is 18.2 Å². The zero-order chi connectivity index (χ0) is 20.5. The average Bonchev–Trinajstić information content (AvgIpc) is 3.12. The maximum absolute atomic E-state index is 13.4. The van der Waals surface area contributed by atoms with Crippen molar-refractivity contribution >= 4 is 22.8 Å². The third kappa shape index (κ3) is 3.92. The number of esters is 1. The van der Waals surface area contributed by atoms with Gasteiger partial charge in [0.05, 0.1) is 22.7 Å². The molecule has 4 rings (SSSR count). The number of anilines is 1. The molecule has 0 spiro atoms. The summed E-state index contributed by atoms with van der Waals surface area (Å²) in [6.45, 7) is 6.70. The topological polar surface area (TPSA) is 55.3 Å². The van der Waals surface area contributed by atoms with Crippen molar-refractivity contribution in [1.29, 1.82) is 0 Å². The number of ether oxygens (including phenoxy) is 1. The fourth-order valence-electron chi connectivity index (χ4n) is 3.70. The van der Waals surface area contributed by atoms with Gasteiger partial charge in [-0.1, -0.05) is 0 Å². The number of fused-ring (bicyclic) bond motifs is 1. The highest BCUT2D eigenvalue weighted by atomic mass is 19.1. The fourth-order valence-corrected chi connectivity index (χ4v) is 3.70. The second kappa shape index (κ2) is 7.78. The Morgan fingerprint density at radius 1 is 1.14 bits per heavy atom. The summed E-state index contributed by atoms with van der Waals surface area (Å²) in [5.41, 5.74) is 3.32. The van der Waals surface area contributed by atoms with Gasteiger partial charge in [0.25, 0.3) is 0 Å². The standard InChI is InChI=1S/C23H24FN3O2/c1-14(2)29-23(28)17-8-11-19-20(13-17)26-22(27-12-4-5-15(27)3)21(25-19)16-6-9-18(24)10-7-16/h6-11,13-15H,4-5,12H2,1-3H3/t15-/m0/s1. The number of hydrogen-bond acceptors (Lipinski definition) is 5. The normalized spacial score (nSPS) is 16.6. The van der Waals surface area contributed by atoms with Crippen LogP contribution in [0.15, 0.2) is 42.5 Å². The van der Waals surface area contributed by atoms with E-state index in [1.54, 1.807) is 30.3 Å². The Labute approximate surface area is 169 Å². The van der Waals surface area contributed by atoms with Crippen LogP contribution in [0.3, 0.4) is 0 Å². The Balaban J connectivity index is 1.85. The molecule has 0 aliphatic carbocycles. The van der Waals surface area contributed by atoms with Gasteiger partial charge in [0.2, 0.25) is 0 Å². The summed E-state index contributed by atoms with van der Waals surface area (Å²) in [5.74, 6) is 0.109. The highest BCUT2D eigenvalue weighted by Crippen LogP contribution is 2.34. The van der Waals surface area contributed by atoms with Crippen molar-refractivity contribution in [2.75, 3.05) is 11.4 Å². The summed E-state index contributed by atoms with van der Waals surface area (Å²) < 4.78 is 18.7. The lowest BCUT2D eigenvalue weighted by molar-refractivity contribution is 0.0378. The minimum atomic E-state index is -0.373. The third-order valence-electron chi connectivity index (χ3n) is 5.17. The Morgan fingerprint density at radius 2 is 1.90 bits per heavy atom. The number of carbonyl (C=O) groups excluding carboxylic acids is 1. The zero-order valence-electron chi connectivity index (χ0n) is 16.9. The molecular weight excluding hydrogens is 369 g/mol. The van der Waals surface area contributed by atoms with E-state index in [0.717, 1.165) is 36.5 Å². The molecule has 0 bridgehead atoms. The summed E-state index contributed by atoms with van der Waals surface area (Å²) in [7, 11) is 0. The molecular formula is C23H24FN3O2. The molecule has 3 aromatic rings. The Bertz CT molecular complexity index is 1050. The summed E-state index contributed by atoms with van der Waals surface area (Å²) in [6.07, 6.45) is 1.99. The van der Waals surface area contributed by atoms with Crippen LogP contribution < -0.4 is 4.90 Å². The van der Waals surface area contributed by atoms with Gasteiger partial charge in [-0.2, -0.15) is 0 Å². The zero-order valence-corrected chi connectivity index (χ0v) is 16.9. The van der Waals surface area contributed by atoms with Crippen LogP contribution in [0.5, 0.6) is 0 Å². The van der Waals surface area contributed by atoms with Gasteiger partial charge < -0.3 is 9.64 Å². The third-order valence-corrected chi connectivity index (χ3v) is 5.17. The fraction of sp³-hybridized carbons (Fsp3) is 0.348. The van der Waals surface area contributed by atoms with Crippen LogP contribution in [0.2, 0.25) is 0 Å². The van der Waals surface area contributed by atoms with E-state index in [2.05, 4.69) is 11.8 Å². The molecule has 0 N–H and O–H groups in total. The molecule has 2 heterocycles. The number of nitrogens with zero attached hydrogens (tertiary/aromatic N) is 3. The second-order valence-electron chi connectivity index (χ2n) is 7.74. The smallest absolute Gasteiger partial charge is 0.338 e. The molecule has 1 aliphatic heterocycles. The summed E-state index contributed by atoms with van der Waals surface area (Å²) in [5, 5.41) is 0. The Hall–Kier alpha value is -3.02. The predicted molar refractivity (Wildman–Crippen MR) is 112 cm³/mol. The lowest BCUT2D eigenvalue weighted by atomic mass is 10.1. The van der Waals surface area contributed by atoms with Crippen LogP contribution in [0.25, 0.3) is 22.3 Å². The minimum absolute atomic E-state index is 0.189. The van der Waals surface area contributed by atoms with E-state index in [9.17, 15) is 9.18 Å². The summed E-state index contributed by atoms with van der Waals surface area (Å²) in [6, 6.07) is 11.9. The monoisotopic (exact) mass is 393 g/mol.